The molecule has 0 saturated heterocycles. The van der Waals surface area contributed by atoms with Gasteiger partial charge in [-0.3, -0.25) is 4.79 Å². The summed E-state index contributed by atoms with van der Waals surface area (Å²) in [6.45, 7) is 1.28. The first kappa shape index (κ1) is 16.8. The number of carbonyl (C=O) groups excluding carboxylic acids is 1. The molecule has 1 N–H and O–H groups in total. The standard InChI is InChI=1S/C19H19N3O3S/c23-15-7-6-13-8-9-22(12-14(13)11-15)18(24)5-1-4-17-20-19(21-25-17)16-3-2-10-26-16/h2-3,6-7,10-11,23H,1,4-5,8-9,12H2. The molecule has 0 fully saturated rings. The SMILES string of the molecule is O=C(CCCc1nc(-c2cccs2)no1)N1CCc2ccc(O)cc2C1. The summed E-state index contributed by atoms with van der Waals surface area (Å²) in [5.41, 5.74) is 2.24. The van der Waals surface area contributed by atoms with E-state index >= 15 is 0 Å². The average Bonchev–Trinajstić information content (AvgIpc) is 3.32. The Morgan fingerprint density at radius 1 is 1.31 bits per heavy atom. The van der Waals surface area contributed by atoms with Gasteiger partial charge < -0.3 is 14.5 Å². The van der Waals surface area contributed by atoms with Gasteiger partial charge in [-0.05, 0) is 47.5 Å². The van der Waals surface area contributed by atoms with Gasteiger partial charge in [0.15, 0.2) is 0 Å². The van der Waals surface area contributed by atoms with Crippen molar-refractivity contribution in [2.24, 2.45) is 0 Å². The predicted molar refractivity (Wildman–Crippen MR) is 97.8 cm³/mol. The summed E-state index contributed by atoms with van der Waals surface area (Å²) >= 11 is 1.57. The van der Waals surface area contributed by atoms with E-state index in [-0.39, 0.29) is 11.7 Å². The number of amides is 1. The molecule has 1 aliphatic heterocycles. The fourth-order valence-corrected chi connectivity index (χ4v) is 3.82. The summed E-state index contributed by atoms with van der Waals surface area (Å²) in [6.07, 6.45) is 2.55. The van der Waals surface area contributed by atoms with Crippen LogP contribution in [0.3, 0.4) is 0 Å². The van der Waals surface area contributed by atoms with Gasteiger partial charge in [0.05, 0.1) is 4.88 Å². The third-order valence-corrected chi connectivity index (χ3v) is 5.41. The smallest absolute Gasteiger partial charge is 0.226 e. The van der Waals surface area contributed by atoms with Crippen LogP contribution < -0.4 is 0 Å². The highest BCUT2D eigenvalue weighted by molar-refractivity contribution is 7.13. The number of aryl methyl sites for hydroxylation is 1. The van der Waals surface area contributed by atoms with Gasteiger partial charge in [0.1, 0.15) is 5.75 Å². The van der Waals surface area contributed by atoms with E-state index in [4.69, 9.17) is 4.52 Å². The Labute approximate surface area is 155 Å². The van der Waals surface area contributed by atoms with Gasteiger partial charge in [0, 0.05) is 25.9 Å². The van der Waals surface area contributed by atoms with Gasteiger partial charge in [0.25, 0.3) is 0 Å². The second-order valence-corrected chi connectivity index (χ2v) is 7.31. The van der Waals surface area contributed by atoms with E-state index in [9.17, 15) is 9.90 Å². The maximum absolute atomic E-state index is 12.5. The molecule has 1 aromatic carbocycles. The number of hydrogen-bond acceptors (Lipinski definition) is 6. The number of thiophene rings is 1. The highest BCUT2D eigenvalue weighted by Gasteiger charge is 2.21. The van der Waals surface area contributed by atoms with Gasteiger partial charge in [-0.2, -0.15) is 4.98 Å². The van der Waals surface area contributed by atoms with Crippen molar-refractivity contribution in [1.29, 1.82) is 0 Å². The van der Waals surface area contributed by atoms with Crippen molar-refractivity contribution in [3.05, 3.63) is 52.7 Å². The number of hydrogen-bond donors (Lipinski definition) is 1. The van der Waals surface area contributed by atoms with Crippen molar-refractivity contribution in [3.8, 4) is 16.5 Å². The van der Waals surface area contributed by atoms with E-state index in [2.05, 4.69) is 10.1 Å². The van der Waals surface area contributed by atoms with E-state index in [1.54, 1.807) is 23.5 Å². The Balaban J connectivity index is 1.29. The van der Waals surface area contributed by atoms with Crippen LogP contribution in [0.1, 0.15) is 29.9 Å². The number of fused-ring (bicyclic) bond motifs is 1. The predicted octanol–water partition coefficient (Wildman–Crippen LogP) is 3.41. The van der Waals surface area contributed by atoms with Crippen molar-refractivity contribution in [1.82, 2.24) is 15.0 Å². The molecule has 0 radical (unpaired) electrons. The molecule has 3 heterocycles. The molecule has 7 heteroatoms. The second-order valence-electron chi connectivity index (χ2n) is 6.36. The number of rotatable bonds is 5. The van der Waals surface area contributed by atoms with Gasteiger partial charge >= 0.3 is 0 Å². The molecule has 0 aliphatic carbocycles. The fourth-order valence-electron chi connectivity index (χ4n) is 3.17. The minimum atomic E-state index is 0.122. The number of benzene rings is 1. The Bertz CT molecular complexity index is 905. The normalized spacial score (nSPS) is 13.6. The highest BCUT2D eigenvalue weighted by Crippen LogP contribution is 2.24. The van der Waals surface area contributed by atoms with E-state index in [1.165, 1.54) is 5.56 Å². The molecular formula is C19H19N3O3S. The zero-order valence-electron chi connectivity index (χ0n) is 14.2. The third-order valence-electron chi connectivity index (χ3n) is 4.55. The van der Waals surface area contributed by atoms with Gasteiger partial charge in [0.2, 0.25) is 17.6 Å². The van der Waals surface area contributed by atoms with Crippen LogP contribution in [0.2, 0.25) is 0 Å². The maximum atomic E-state index is 12.5. The lowest BCUT2D eigenvalue weighted by molar-refractivity contribution is -0.132. The summed E-state index contributed by atoms with van der Waals surface area (Å²) in [5, 5.41) is 15.6. The van der Waals surface area contributed by atoms with Crippen LogP contribution in [0.4, 0.5) is 0 Å². The van der Waals surface area contributed by atoms with Crippen LogP contribution in [-0.4, -0.2) is 32.6 Å². The molecule has 3 aromatic rings. The lowest BCUT2D eigenvalue weighted by Crippen LogP contribution is -2.35. The van der Waals surface area contributed by atoms with E-state index < -0.39 is 0 Å². The Morgan fingerprint density at radius 2 is 2.23 bits per heavy atom. The van der Waals surface area contributed by atoms with E-state index in [0.717, 1.165) is 23.4 Å². The third kappa shape index (κ3) is 3.62. The number of phenols is 1. The largest absolute Gasteiger partial charge is 0.508 e. The topological polar surface area (TPSA) is 79.5 Å². The Morgan fingerprint density at radius 3 is 3.08 bits per heavy atom. The lowest BCUT2D eigenvalue weighted by atomic mass is 9.99. The van der Waals surface area contributed by atoms with Crippen molar-refractivity contribution < 1.29 is 14.4 Å². The number of aromatic hydroxyl groups is 1. The quantitative estimate of drug-likeness (QED) is 0.745. The minimum Gasteiger partial charge on any atom is -0.508 e. The Hall–Kier alpha value is -2.67. The van der Waals surface area contributed by atoms with E-state index in [1.807, 2.05) is 28.5 Å². The molecule has 0 saturated carbocycles. The highest BCUT2D eigenvalue weighted by atomic mass is 32.1. The molecular weight excluding hydrogens is 350 g/mol. The molecule has 0 atom stereocenters. The summed E-state index contributed by atoms with van der Waals surface area (Å²) in [4.78, 5) is 19.7. The van der Waals surface area contributed by atoms with Gasteiger partial charge in [-0.1, -0.05) is 17.3 Å². The monoisotopic (exact) mass is 369 g/mol. The molecule has 0 unspecified atom stereocenters. The van der Waals surface area contributed by atoms with E-state index in [0.29, 0.717) is 37.5 Å². The van der Waals surface area contributed by atoms with Crippen LogP contribution in [0.15, 0.2) is 40.2 Å². The van der Waals surface area contributed by atoms with Crippen molar-refractivity contribution in [2.45, 2.75) is 32.2 Å². The van der Waals surface area contributed by atoms with Crippen molar-refractivity contribution in [2.75, 3.05) is 6.54 Å². The van der Waals surface area contributed by atoms with Crippen LogP contribution in [-0.2, 0) is 24.2 Å². The van der Waals surface area contributed by atoms with Crippen LogP contribution in [0.5, 0.6) is 5.75 Å². The number of phenolic OH excluding ortho intramolecular Hbond substituents is 1. The van der Waals surface area contributed by atoms with Crippen molar-refractivity contribution >= 4 is 17.2 Å². The minimum absolute atomic E-state index is 0.122. The zero-order valence-corrected chi connectivity index (χ0v) is 15.0. The molecule has 0 bridgehead atoms. The molecule has 0 spiro atoms. The van der Waals surface area contributed by atoms with Crippen LogP contribution >= 0.6 is 11.3 Å². The summed E-state index contributed by atoms with van der Waals surface area (Å²) in [7, 11) is 0. The fraction of sp³-hybridized carbons (Fsp3) is 0.316. The van der Waals surface area contributed by atoms with Crippen molar-refractivity contribution in [3.63, 3.8) is 0 Å². The maximum Gasteiger partial charge on any atom is 0.226 e. The molecule has 1 aliphatic rings. The first-order valence-corrected chi connectivity index (χ1v) is 9.52. The molecule has 1 amide bonds. The lowest BCUT2D eigenvalue weighted by Gasteiger charge is -2.29. The number of nitrogens with zero attached hydrogens (tertiary/aromatic N) is 3. The first-order chi connectivity index (χ1) is 12.7. The zero-order chi connectivity index (χ0) is 17.9. The molecule has 134 valence electrons. The molecule has 6 nitrogen and oxygen atoms in total. The first-order valence-electron chi connectivity index (χ1n) is 8.64. The second kappa shape index (κ2) is 7.29. The molecule has 2 aromatic heterocycles. The number of carbonyl (C=O) groups is 1. The number of aromatic nitrogens is 2. The summed E-state index contributed by atoms with van der Waals surface area (Å²) in [5.74, 6) is 1.54. The molecule has 4 rings (SSSR count). The van der Waals surface area contributed by atoms with Crippen LogP contribution in [0, 0.1) is 0 Å². The van der Waals surface area contributed by atoms with Gasteiger partial charge in [-0.15, -0.1) is 11.3 Å². The van der Waals surface area contributed by atoms with Crippen LogP contribution in [0.25, 0.3) is 10.7 Å². The summed E-state index contributed by atoms with van der Waals surface area (Å²) in [6, 6.07) is 9.29. The Kier molecular flexibility index (Phi) is 4.71. The average molecular weight is 369 g/mol. The molecule has 26 heavy (non-hydrogen) atoms. The van der Waals surface area contributed by atoms with Gasteiger partial charge in [-0.25, -0.2) is 0 Å². The summed E-state index contributed by atoms with van der Waals surface area (Å²) < 4.78 is 5.27.